The Bertz CT molecular complexity index is 508. The van der Waals surface area contributed by atoms with Gasteiger partial charge in [-0.15, -0.1) is 0 Å². The van der Waals surface area contributed by atoms with E-state index in [9.17, 15) is 9.90 Å². The lowest BCUT2D eigenvalue weighted by molar-refractivity contribution is -0.143. The Morgan fingerprint density at radius 1 is 1.40 bits per heavy atom. The molecule has 1 saturated carbocycles. The number of aliphatic carboxylic acids is 1. The van der Waals surface area contributed by atoms with E-state index in [0.717, 1.165) is 24.9 Å². The summed E-state index contributed by atoms with van der Waals surface area (Å²) in [5, 5.41) is 21.6. The van der Waals surface area contributed by atoms with Crippen LogP contribution in [0, 0.1) is 17.2 Å². The van der Waals surface area contributed by atoms with E-state index >= 15 is 0 Å². The van der Waals surface area contributed by atoms with Crippen LogP contribution in [0.4, 0.5) is 5.69 Å². The van der Waals surface area contributed by atoms with Gasteiger partial charge in [-0.25, -0.2) is 4.79 Å². The van der Waals surface area contributed by atoms with Gasteiger partial charge in [-0.3, -0.25) is 0 Å². The number of nitriles is 1. The molecule has 1 aliphatic rings. The lowest BCUT2D eigenvalue weighted by atomic mass is 9.75. The van der Waals surface area contributed by atoms with Crippen LogP contribution < -0.4 is 5.32 Å². The Morgan fingerprint density at radius 2 is 2.00 bits per heavy atom. The molecule has 0 aliphatic heterocycles. The third-order valence-corrected chi connectivity index (χ3v) is 4.34. The normalized spacial score (nSPS) is 25.7. The molecule has 0 heterocycles. The molecule has 1 aromatic carbocycles. The van der Waals surface area contributed by atoms with E-state index in [0.29, 0.717) is 24.3 Å². The molecule has 0 radical (unpaired) electrons. The second-order valence-electron chi connectivity index (χ2n) is 5.55. The second kappa shape index (κ2) is 5.96. The quantitative estimate of drug-likeness (QED) is 0.881. The number of hydrogen-bond donors (Lipinski definition) is 2. The fourth-order valence-corrected chi connectivity index (χ4v) is 2.88. The summed E-state index contributed by atoms with van der Waals surface area (Å²) in [5.74, 6) is -0.137. The van der Waals surface area contributed by atoms with E-state index in [1.807, 2.05) is 0 Å². The molecule has 0 spiro atoms. The Labute approximate surface area is 119 Å². The highest BCUT2D eigenvalue weighted by Gasteiger charge is 2.41. The minimum absolute atomic E-state index is 0.578. The summed E-state index contributed by atoms with van der Waals surface area (Å²) in [6, 6.07) is 9.01. The van der Waals surface area contributed by atoms with E-state index in [1.165, 1.54) is 0 Å². The zero-order valence-electron chi connectivity index (χ0n) is 11.7. The van der Waals surface area contributed by atoms with Crippen LogP contribution in [0.2, 0.25) is 0 Å². The van der Waals surface area contributed by atoms with Gasteiger partial charge in [-0.1, -0.05) is 13.3 Å². The van der Waals surface area contributed by atoms with Crippen molar-refractivity contribution >= 4 is 11.7 Å². The number of carbonyl (C=O) groups is 1. The van der Waals surface area contributed by atoms with Crippen molar-refractivity contribution in [1.29, 1.82) is 5.26 Å². The van der Waals surface area contributed by atoms with Crippen molar-refractivity contribution in [1.82, 2.24) is 0 Å². The van der Waals surface area contributed by atoms with Crippen molar-refractivity contribution in [3.8, 4) is 6.07 Å². The number of rotatable bonds is 4. The number of benzene rings is 1. The van der Waals surface area contributed by atoms with Crippen LogP contribution in [0.25, 0.3) is 0 Å². The topological polar surface area (TPSA) is 73.1 Å². The number of nitrogens with zero attached hydrogens (tertiary/aromatic N) is 1. The van der Waals surface area contributed by atoms with E-state index in [2.05, 4.69) is 18.3 Å². The number of carboxylic acid groups (broad SMARTS) is 1. The first-order valence-electron chi connectivity index (χ1n) is 7.11. The molecule has 1 aromatic rings. The molecule has 2 N–H and O–H groups in total. The fourth-order valence-electron chi connectivity index (χ4n) is 2.88. The lowest BCUT2D eigenvalue weighted by Crippen LogP contribution is -2.49. The molecule has 4 nitrogen and oxygen atoms in total. The highest BCUT2D eigenvalue weighted by Crippen LogP contribution is 2.36. The number of anilines is 1. The highest BCUT2D eigenvalue weighted by atomic mass is 16.4. The lowest BCUT2D eigenvalue weighted by Gasteiger charge is -2.38. The Kier molecular flexibility index (Phi) is 4.29. The maximum absolute atomic E-state index is 11.7. The summed E-state index contributed by atoms with van der Waals surface area (Å²) in [7, 11) is 0. The maximum atomic E-state index is 11.7. The minimum Gasteiger partial charge on any atom is -0.480 e. The van der Waals surface area contributed by atoms with Crippen molar-refractivity contribution in [2.24, 2.45) is 5.92 Å². The molecule has 0 unspecified atom stereocenters. The average molecular weight is 272 g/mol. The molecule has 0 saturated heterocycles. The van der Waals surface area contributed by atoms with E-state index in [4.69, 9.17) is 5.26 Å². The van der Waals surface area contributed by atoms with Crippen LogP contribution >= 0.6 is 0 Å². The van der Waals surface area contributed by atoms with Gasteiger partial charge in [-0.2, -0.15) is 5.26 Å². The van der Waals surface area contributed by atoms with Gasteiger partial charge in [0.25, 0.3) is 0 Å². The second-order valence-corrected chi connectivity index (χ2v) is 5.55. The third kappa shape index (κ3) is 2.93. The van der Waals surface area contributed by atoms with Gasteiger partial charge < -0.3 is 10.4 Å². The summed E-state index contributed by atoms with van der Waals surface area (Å²) in [6.07, 6.45) is 4.33. The molecule has 0 aromatic heterocycles. The van der Waals surface area contributed by atoms with Crippen LogP contribution in [0.15, 0.2) is 24.3 Å². The summed E-state index contributed by atoms with van der Waals surface area (Å²) in [4.78, 5) is 11.7. The number of nitrogens with one attached hydrogen (secondary N) is 1. The van der Waals surface area contributed by atoms with Crippen LogP contribution in [-0.4, -0.2) is 16.6 Å². The molecule has 106 valence electrons. The highest BCUT2D eigenvalue weighted by molar-refractivity contribution is 5.83. The predicted octanol–water partition coefficient (Wildman–Crippen LogP) is 3.39. The summed E-state index contributed by atoms with van der Waals surface area (Å²) in [5.41, 5.74) is 0.482. The van der Waals surface area contributed by atoms with Crippen LogP contribution in [0.5, 0.6) is 0 Å². The van der Waals surface area contributed by atoms with Gasteiger partial charge in [0.2, 0.25) is 0 Å². The fraction of sp³-hybridized carbons (Fsp3) is 0.500. The van der Waals surface area contributed by atoms with Gasteiger partial charge in [0.1, 0.15) is 5.54 Å². The molecule has 4 heteroatoms. The molecule has 2 rings (SSSR count). The van der Waals surface area contributed by atoms with Gasteiger partial charge in [-0.05, 0) is 55.9 Å². The molecule has 0 bridgehead atoms. The minimum atomic E-state index is -0.861. The van der Waals surface area contributed by atoms with Crippen molar-refractivity contribution in [2.75, 3.05) is 5.32 Å². The maximum Gasteiger partial charge on any atom is 0.329 e. The standard InChI is InChI=1S/C16H20N2O2/c1-2-12-7-9-16(10-8-12,15(19)20)18-14-5-3-13(11-17)4-6-14/h3-6,12,18H,2,7-10H2,1H3,(H,19,20). The Morgan fingerprint density at radius 3 is 2.45 bits per heavy atom. The van der Waals surface area contributed by atoms with Crippen molar-refractivity contribution in [3.05, 3.63) is 29.8 Å². The summed E-state index contributed by atoms with van der Waals surface area (Å²) in [6.45, 7) is 2.16. The molecular formula is C16H20N2O2. The van der Waals surface area contributed by atoms with E-state index in [-0.39, 0.29) is 0 Å². The molecule has 0 atom stereocenters. The largest absolute Gasteiger partial charge is 0.480 e. The van der Waals surface area contributed by atoms with Crippen molar-refractivity contribution < 1.29 is 9.90 Å². The van der Waals surface area contributed by atoms with Crippen molar-refractivity contribution in [3.63, 3.8) is 0 Å². The average Bonchev–Trinajstić information content (AvgIpc) is 2.48. The SMILES string of the molecule is CCC1CCC(Nc2ccc(C#N)cc2)(C(=O)O)CC1. The molecular weight excluding hydrogens is 252 g/mol. The Balaban J connectivity index is 2.13. The molecule has 1 aliphatic carbocycles. The Hall–Kier alpha value is -2.02. The van der Waals surface area contributed by atoms with Gasteiger partial charge in [0, 0.05) is 5.69 Å². The summed E-state index contributed by atoms with van der Waals surface area (Å²) < 4.78 is 0. The molecule has 1 fully saturated rings. The number of hydrogen-bond acceptors (Lipinski definition) is 3. The first kappa shape index (κ1) is 14.4. The predicted molar refractivity (Wildman–Crippen MR) is 77.4 cm³/mol. The van der Waals surface area contributed by atoms with E-state index < -0.39 is 11.5 Å². The number of carboxylic acids is 1. The molecule has 20 heavy (non-hydrogen) atoms. The van der Waals surface area contributed by atoms with Crippen molar-refractivity contribution in [2.45, 2.75) is 44.6 Å². The van der Waals surface area contributed by atoms with Gasteiger partial charge in [0.15, 0.2) is 0 Å². The van der Waals surface area contributed by atoms with Crippen LogP contribution in [0.1, 0.15) is 44.6 Å². The first-order chi connectivity index (χ1) is 9.59. The first-order valence-corrected chi connectivity index (χ1v) is 7.11. The zero-order valence-corrected chi connectivity index (χ0v) is 11.7. The van der Waals surface area contributed by atoms with Crippen LogP contribution in [0.3, 0.4) is 0 Å². The smallest absolute Gasteiger partial charge is 0.329 e. The zero-order chi connectivity index (χ0) is 14.6. The van der Waals surface area contributed by atoms with E-state index in [1.54, 1.807) is 24.3 Å². The van der Waals surface area contributed by atoms with Gasteiger partial charge >= 0.3 is 5.97 Å². The van der Waals surface area contributed by atoms with Gasteiger partial charge in [0.05, 0.1) is 11.6 Å². The van der Waals surface area contributed by atoms with Crippen LogP contribution in [-0.2, 0) is 4.79 Å². The third-order valence-electron chi connectivity index (χ3n) is 4.34. The summed E-state index contributed by atoms with van der Waals surface area (Å²) >= 11 is 0. The monoisotopic (exact) mass is 272 g/mol. The molecule has 0 amide bonds.